The molecule has 0 aliphatic heterocycles. The van der Waals surface area contributed by atoms with Crippen molar-refractivity contribution in [2.45, 2.75) is 33.0 Å². The van der Waals surface area contributed by atoms with Gasteiger partial charge in [-0.25, -0.2) is 14.6 Å². The second-order valence-corrected chi connectivity index (χ2v) is 7.70. The van der Waals surface area contributed by atoms with E-state index in [9.17, 15) is 9.59 Å². The van der Waals surface area contributed by atoms with Gasteiger partial charge in [-0.3, -0.25) is 4.90 Å². The number of nitrogens with zero attached hydrogens (tertiary/aromatic N) is 2. The molecule has 0 saturated carbocycles. The Morgan fingerprint density at radius 1 is 1.12 bits per heavy atom. The van der Waals surface area contributed by atoms with E-state index < -0.39 is 18.1 Å². The molecule has 0 bridgehead atoms. The second kappa shape index (κ2) is 10.9. The van der Waals surface area contributed by atoms with E-state index in [2.05, 4.69) is 4.98 Å². The number of oxazole rings is 1. The molecule has 1 heterocycles. The maximum Gasteiger partial charge on any atom is 0.410 e. The lowest BCUT2D eigenvalue weighted by Crippen LogP contribution is -2.43. The van der Waals surface area contributed by atoms with Crippen LogP contribution in [-0.2, 0) is 27.4 Å². The third-order valence-corrected chi connectivity index (χ3v) is 5.28. The second-order valence-electron chi connectivity index (χ2n) is 7.26. The zero-order chi connectivity index (χ0) is 24.0. The van der Waals surface area contributed by atoms with Gasteiger partial charge in [-0.05, 0) is 55.8 Å². The van der Waals surface area contributed by atoms with Crippen LogP contribution in [0.5, 0.6) is 5.75 Å². The van der Waals surface area contributed by atoms with Crippen LogP contribution in [0.25, 0.3) is 11.5 Å². The Bertz CT molecular complexity index is 1110. The third-order valence-electron chi connectivity index (χ3n) is 5.03. The van der Waals surface area contributed by atoms with Crippen LogP contribution >= 0.6 is 11.6 Å². The maximum atomic E-state index is 12.2. The molecule has 8 nitrogen and oxygen atoms in total. The average molecular weight is 473 g/mol. The zero-order valence-electron chi connectivity index (χ0n) is 18.8. The van der Waals surface area contributed by atoms with Crippen molar-refractivity contribution >= 4 is 23.7 Å². The average Bonchev–Trinajstić information content (AvgIpc) is 3.20. The fraction of sp³-hybridized carbons (Fsp3) is 0.292. The summed E-state index contributed by atoms with van der Waals surface area (Å²) >= 11 is 5.94. The Morgan fingerprint density at radius 2 is 1.85 bits per heavy atom. The molecular formula is C24H25ClN2O6. The number of amides is 1. The number of hydrogen-bond acceptors (Lipinski definition) is 7. The highest BCUT2D eigenvalue weighted by Crippen LogP contribution is 2.25. The van der Waals surface area contributed by atoms with Crippen molar-refractivity contribution < 1.29 is 28.2 Å². The molecule has 0 fully saturated rings. The molecule has 3 aromatic rings. The molecule has 3 rings (SSSR count). The molecule has 1 atom stereocenters. The molecule has 0 radical (unpaired) electrons. The third kappa shape index (κ3) is 6.04. The first-order valence-corrected chi connectivity index (χ1v) is 10.6. The maximum absolute atomic E-state index is 12.2. The van der Waals surface area contributed by atoms with Gasteiger partial charge >= 0.3 is 12.1 Å². The van der Waals surface area contributed by atoms with Gasteiger partial charge in [0, 0.05) is 10.6 Å². The van der Waals surface area contributed by atoms with Gasteiger partial charge < -0.3 is 18.6 Å². The van der Waals surface area contributed by atoms with Crippen LogP contribution in [0, 0.1) is 6.92 Å². The van der Waals surface area contributed by atoms with Crippen LogP contribution in [0.1, 0.15) is 23.9 Å². The van der Waals surface area contributed by atoms with Gasteiger partial charge in [0.05, 0.1) is 20.8 Å². The zero-order valence-corrected chi connectivity index (χ0v) is 19.6. The van der Waals surface area contributed by atoms with Crippen LogP contribution in [-0.4, -0.2) is 42.2 Å². The summed E-state index contributed by atoms with van der Waals surface area (Å²) in [5.41, 5.74) is 2.24. The van der Waals surface area contributed by atoms with E-state index in [-0.39, 0.29) is 13.2 Å². The van der Waals surface area contributed by atoms with Crippen molar-refractivity contribution in [2.24, 2.45) is 0 Å². The highest BCUT2D eigenvalue weighted by molar-refractivity contribution is 6.30. The first-order chi connectivity index (χ1) is 15.8. The fourth-order valence-corrected chi connectivity index (χ4v) is 3.26. The first-order valence-electron chi connectivity index (χ1n) is 10.2. The molecule has 9 heteroatoms. The van der Waals surface area contributed by atoms with E-state index in [1.54, 1.807) is 37.3 Å². The number of aryl methyl sites for hydroxylation is 1. The summed E-state index contributed by atoms with van der Waals surface area (Å²) < 4.78 is 21.2. The minimum atomic E-state index is -0.809. The number of benzene rings is 2. The number of ether oxygens (including phenoxy) is 3. The van der Waals surface area contributed by atoms with Crippen LogP contribution in [0.15, 0.2) is 52.9 Å². The van der Waals surface area contributed by atoms with E-state index in [0.29, 0.717) is 28.1 Å². The molecule has 174 valence electrons. The van der Waals surface area contributed by atoms with E-state index in [1.165, 1.54) is 19.1 Å². The van der Waals surface area contributed by atoms with E-state index in [0.717, 1.165) is 11.1 Å². The first kappa shape index (κ1) is 24.1. The predicted molar refractivity (Wildman–Crippen MR) is 122 cm³/mol. The summed E-state index contributed by atoms with van der Waals surface area (Å²) in [6, 6.07) is 13.6. The number of rotatable bonds is 8. The van der Waals surface area contributed by atoms with Crippen molar-refractivity contribution in [3.8, 4) is 17.2 Å². The van der Waals surface area contributed by atoms with Gasteiger partial charge in [0.15, 0.2) is 0 Å². The lowest BCUT2D eigenvalue weighted by Gasteiger charge is -2.26. The van der Waals surface area contributed by atoms with Crippen molar-refractivity contribution in [1.82, 2.24) is 9.88 Å². The SMILES string of the molecule is COC(=O)C(C)N(Cc1cccc(OCc2nc(-c3ccc(Cl)cc3)oc2C)c1)C(=O)OC. The van der Waals surface area contributed by atoms with Crippen LogP contribution < -0.4 is 4.74 Å². The predicted octanol–water partition coefficient (Wildman–Crippen LogP) is 5.01. The number of esters is 1. The summed E-state index contributed by atoms with van der Waals surface area (Å²) in [7, 11) is 2.53. The largest absolute Gasteiger partial charge is 0.487 e. The lowest BCUT2D eigenvalue weighted by molar-refractivity contribution is -0.145. The Kier molecular flexibility index (Phi) is 7.95. The number of carbonyl (C=O) groups excluding carboxylic acids is 2. The smallest absolute Gasteiger partial charge is 0.410 e. The monoisotopic (exact) mass is 472 g/mol. The van der Waals surface area contributed by atoms with Crippen LogP contribution in [0.3, 0.4) is 0 Å². The summed E-state index contributed by atoms with van der Waals surface area (Å²) in [6.07, 6.45) is -0.632. The van der Waals surface area contributed by atoms with Gasteiger partial charge in [0.1, 0.15) is 29.9 Å². The molecule has 0 saturated heterocycles. The Labute approximate surface area is 197 Å². The van der Waals surface area contributed by atoms with Gasteiger partial charge in [0.2, 0.25) is 5.89 Å². The minimum Gasteiger partial charge on any atom is -0.487 e. The Balaban J connectivity index is 1.70. The molecule has 0 aliphatic rings. The fourth-order valence-electron chi connectivity index (χ4n) is 3.13. The topological polar surface area (TPSA) is 91.1 Å². The van der Waals surface area contributed by atoms with E-state index >= 15 is 0 Å². The molecule has 1 unspecified atom stereocenters. The molecule has 2 aromatic carbocycles. The molecule has 0 spiro atoms. The normalized spacial score (nSPS) is 11.5. The Hall–Kier alpha value is -3.52. The lowest BCUT2D eigenvalue weighted by atomic mass is 10.2. The summed E-state index contributed by atoms with van der Waals surface area (Å²) in [4.78, 5) is 29.9. The summed E-state index contributed by atoms with van der Waals surface area (Å²) in [6.45, 7) is 3.74. The van der Waals surface area contributed by atoms with E-state index in [4.69, 9.17) is 30.2 Å². The summed E-state index contributed by atoms with van der Waals surface area (Å²) in [5.74, 6) is 1.19. The molecule has 1 amide bonds. The van der Waals surface area contributed by atoms with Crippen molar-refractivity contribution in [3.05, 3.63) is 70.6 Å². The molecular weight excluding hydrogens is 448 g/mol. The van der Waals surface area contributed by atoms with E-state index in [1.807, 2.05) is 25.1 Å². The molecule has 33 heavy (non-hydrogen) atoms. The Morgan fingerprint density at radius 3 is 2.52 bits per heavy atom. The number of aromatic nitrogens is 1. The molecule has 0 aliphatic carbocycles. The van der Waals surface area contributed by atoms with Gasteiger partial charge in [0.25, 0.3) is 0 Å². The van der Waals surface area contributed by atoms with Gasteiger partial charge in [-0.15, -0.1) is 0 Å². The molecule has 0 N–H and O–H groups in total. The van der Waals surface area contributed by atoms with Crippen LogP contribution in [0.2, 0.25) is 5.02 Å². The standard InChI is InChI=1S/C24H25ClN2O6/c1-15(23(28)30-3)27(24(29)31-4)13-17-6-5-7-20(12-17)32-14-21-16(2)33-22(26-21)18-8-10-19(25)11-9-18/h5-12,15H,13-14H2,1-4H3. The van der Waals surface area contributed by atoms with Crippen molar-refractivity contribution in [3.63, 3.8) is 0 Å². The van der Waals surface area contributed by atoms with Gasteiger partial charge in [-0.1, -0.05) is 23.7 Å². The quantitative estimate of drug-likeness (QED) is 0.425. The number of hydrogen-bond donors (Lipinski definition) is 0. The van der Waals surface area contributed by atoms with Crippen molar-refractivity contribution in [1.29, 1.82) is 0 Å². The number of halogens is 1. The summed E-state index contributed by atoms with van der Waals surface area (Å²) in [5, 5.41) is 0.636. The minimum absolute atomic E-state index is 0.143. The number of carbonyl (C=O) groups is 2. The molecule has 1 aromatic heterocycles. The van der Waals surface area contributed by atoms with Gasteiger partial charge in [-0.2, -0.15) is 0 Å². The number of methoxy groups -OCH3 is 2. The van der Waals surface area contributed by atoms with Crippen molar-refractivity contribution in [2.75, 3.05) is 14.2 Å². The highest BCUT2D eigenvalue weighted by atomic mass is 35.5. The van der Waals surface area contributed by atoms with Crippen LogP contribution in [0.4, 0.5) is 4.79 Å². The highest BCUT2D eigenvalue weighted by Gasteiger charge is 2.27.